The number of likely N-dealkylation sites (tertiary alicyclic amines) is 1. The van der Waals surface area contributed by atoms with E-state index in [1.54, 1.807) is 40.0 Å². The molecule has 3 heterocycles. The predicted molar refractivity (Wildman–Crippen MR) is 168 cm³/mol. The number of methoxy groups -OCH3 is 1. The summed E-state index contributed by atoms with van der Waals surface area (Å²) in [6.07, 6.45) is 1.52. The van der Waals surface area contributed by atoms with Crippen molar-refractivity contribution in [2.45, 2.75) is 64.8 Å². The summed E-state index contributed by atoms with van der Waals surface area (Å²) in [5, 5.41) is 1.13. The standard InChI is InChI=1S/C33H38BrFN4O4/c1-33(2,3)43-28(40)12-20-11-23(35)18-38(16-20)32(41)22-13-25-30(27(15-22)42-5)37(4)31(36-25)26-14-21-7-6-8-24(34)29(21)39(26)17-19-9-10-19/h6-8,13-15,19-20,23H,9-12,16-18H2,1-5H3/t20-,23+/m0/s1. The highest BCUT2D eigenvalue weighted by Crippen LogP contribution is 2.39. The molecule has 1 saturated carbocycles. The average Bonchev–Trinajstić information content (AvgIpc) is 3.59. The van der Waals surface area contributed by atoms with E-state index in [0.29, 0.717) is 22.7 Å². The summed E-state index contributed by atoms with van der Waals surface area (Å²) in [5.74, 6) is 0.943. The first-order valence-corrected chi connectivity index (χ1v) is 15.7. The Balaban J connectivity index is 1.34. The number of carbonyl (C=O) groups is 2. The average molecular weight is 654 g/mol. The number of alkyl halides is 1. The van der Waals surface area contributed by atoms with Crippen LogP contribution in [-0.4, -0.2) is 62.9 Å². The number of hydrogen-bond donors (Lipinski definition) is 0. The lowest BCUT2D eigenvalue weighted by Crippen LogP contribution is -2.45. The zero-order valence-electron chi connectivity index (χ0n) is 25.3. The molecule has 0 bridgehead atoms. The molecule has 1 saturated heterocycles. The van der Waals surface area contributed by atoms with E-state index in [0.717, 1.165) is 39.0 Å². The summed E-state index contributed by atoms with van der Waals surface area (Å²) in [6.45, 7) is 6.58. The molecule has 1 amide bonds. The number of rotatable bonds is 7. The Labute approximate surface area is 259 Å². The Kier molecular flexibility index (Phi) is 7.77. The Morgan fingerprint density at radius 1 is 1.09 bits per heavy atom. The van der Waals surface area contributed by atoms with Gasteiger partial charge in [0.05, 0.1) is 36.8 Å². The second-order valence-corrected chi connectivity index (χ2v) is 13.9. The van der Waals surface area contributed by atoms with Crippen molar-refractivity contribution in [3.63, 3.8) is 0 Å². The van der Waals surface area contributed by atoms with Crippen molar-refractivity contribution in [2.24, 2.45) is 18.9 Å². The number of esters is 1. The fraction of sp³-hybridized carbons (Fsp3) is 0.485. The molecule has 4 aromatic rings. The zero-order chi connectivity index (χ0) is 30.6. The van der Waals surface area contributed by atoms with Crippen LogP contribution in [0.5, 0.6) is 5.75 Å². The predicted octanol–water partition coefficient (Wildman–Crippen LogP) is 6.91. The highest BCUT2D eigenvalue weighted by Gasteiger charge is 2.34. The SMILES string of the molecule is COc1cc(C(=O)N2C[C@H](F)C[C@@H](CC(=O)OC(C)(C)C)C2)cc2nc(-c3cc4cccc(Br)c4n3CC3CC3)n(C)c12. The van der Waals surface area contributed by atoms with E-state index in [-0.39, 0.29) is 43.7 Å². The molecule has 0 N–H and O–H groups in total. The first-order chi connectivity index (χ1) is 20.4. The Morgan fingerprint density at radius 2 is 1.86 bits per heavy atom. The molecule has 6 rings (SSSR count). The van der Waals surface area contributed by atoms with Crippen molar-refractivity contribution >= 4 is 49.7 Å². The number of aryl methyl sites for hydroxylation is 1. The molecule has 1 aliphatic heterocycles. The minimum Gasteiger partial charge on any atom is -0.494 e. The highest BCUT2D eigenvalue weighted by atomic mass is 79.9. The number of aromatic nitrogens is 3. The minimum absolute atomic E-state index is 0.0202. The van der Waals surface area contributed by atoms with Crippen molar-refractivity contribution in [3.8, 4) is 17.3 Å². The van der Waals surface area contributed by atoms with Gasteiger partial charge in [0.1, 0.15) is 23.0 Å². The molecular formula is C33H38BrFN4O4. The summed E-state index contributed by atoms with van der Waals surface area (Å²) in [5.41, 5.74) is 3.31. The molecule has 0 radical (unpaired) electrons. The van der Waals surface area contributed by atoms with Crippen LogP contribution in [0.15, 0.2) is 40.9 Å². The molecule has 2 aromatic carbocycles. The maximum atomic E-state index is 14.8. The first-order valence-electron chi connectivity index (χ1n) is 14.9. The third kappa shape index (κ3) is 6.03. The summed E-state index contributed by atoms with van der Waals surface area (Å²) < 4.78 is 31.5. The van der Waals surface area contributed by atoms with E-state index in [1.165, 1.54) is 17.7 Å². The van der Waals surface area contributed by atoms with Gasteiger partial charge in [-0.25, -0.2) is 9.37 Å². The summed E-state index contributed by atoms with van der Waals surface area (Å²) in [7, 11) is 3.54. The number of hydrogen-bond acceptors (Lipinski definition) is 5. The number of imidazole rings is 1. The van der Waals surface area contributed by atoms with E-state index in [2.05, 4.69) is 38.7 Å². The van der Waals surface area contributed by atoms with Crippen LogP contribution in [0.4, 0.5) is 4.39 Å². The number of amides is 1. The van der Waals surface area contributed by atoms with Crippen molar-refractivity contribution in [2.75, 3.05) is 20.2 Å². The first kappa shape index (κ1) is 29.7. The third-order valence-electron chi connectivity index (χ3n) is 8.29. The lowest BCUT2D eigenvalue weighted by Gasteiger charge is -2.35. The molecule has 2 atom stereocenters. The van der Waals surface area contributed by atoms with Crippen LogP contribution in [-0.2, 0) is 23.1 Å². The van der Waals surface area contributed by atoms with Gasteiger partial charge in [-0.15, -0.1) is 0 Å². The van der Waals surface area contributed by atoms with Crippen LogP contribution >= 0.6 is 15.9 Å². The lowest BCUT2D eigenvalue weighted by atomic mass is 9.93. The number of benzene rings is 2. The molecule has 2 aliphatic rings. The van der Waals surface area contributed by atoms with Gasteiger partial charge in [-0.3, -0.25) is 9.59 Å². The molecule has 2 fully saturated rings. The Hall–Kier alpha value is -3.40. The maximum Gasteiger partial charge on any atom is 0.306 e. The number of carbonyl (C=O) groups excluding carboxylic acids is 2. The number of piperidine rings is 1. The highest BCUT2D eigenvalue weighted by molar-refractivity contribution is 9.10. The molecular weight excluding hydrogens is 615 g/mol. The van der Waals surface area contributed by atoms with Gasteiger partial charge < -0.3 is 23.5 Å². The number of nitrogens with zero attached hydrogens (tertiary/aromatic N) is 4. The van der Waals surface area contributed by atoms with E-state index in [4.69, 9.17) is 14.5 Å². The monoisotopic (exact) mass is 652 g/mol. The van der Waals surface area contributed by atoms with Crippen LogP contribution in [0.2, 0.25) is 0 Å². The van der Waals surface area contributed by atoms with Crippen LogP contribution < -0.4 is 4.74 Å². The van der Waals surface area contributed by atoms with Gasteiger partial charge in [-0.1, -0.05) is 12.1 Å². The fourth-order valence-electron chi connectivity index (χ4n) is 6.28. The Morgan fingerprint density at radius 3 is 2.56 bits per heavy atom. The number of fused-ring (bicyclic) bond motifs is 2. The second kappa shape index (κ2) is 11.3. The topological polar surface area (TPSA) is 78.6 Å². The third-order valence-corrected chi connectivity index (χ3v) is 8.93. The molecule has 228 valence electrons. The molecule has 0 unspecified atom stereocenters. The lowest BCUT2D eigenvalue weighted by molar-refractivity contribution is -0.156. The normalized spacial score (nSPS) is 19.3. The molecule has 1 aliphatic carbocycles. The molecule has 10 heteroatoms. The summed E-state index contributed by atoms with van der Waals surface area (Å²) in [6, 6.07) is 11.8. The van der Waals surface area contributed by atoms with Crippen molar-refractivity contribution in [3.05, 3.63) is 46.4 Å². The van der Waals surface area contributed by atoms with Gasteiger partial charge in [0.25, 0.3) is 5.91 Å². The van der Waals surface area contributed by atoms with Crippen LogP contribution in [0.25, 0.3) is 33.5 Å². The zero-order valence-corrected chi connectivity index (χ0v) is 26.9. The maximum absolute atomic E-state index is 14.8. The molecule has 2 aromatic heterocycles. The number of ether oxygens (including phenoxy) is 2. The van der Waals surface area contributed by atoms with Crippen LogP contribution in [0.1, 0.15) is 56.8 Å². The van der Waals surface area contributed by atoms with Crippen molar-refractivity contribution in [1.82, 2.24) is 19.0 Å². The second-order valence-electron chi connectivity index (χ2n) is 13.0. The van der Waals surface area contributed by atoms with Crippen molar-refractivity contribution < 1.29 is 23.5 Å². The number of halogens is 2. The summed E-state index contributed by atoms with van der Waals surface area (Å²) in [4.78, 5) is 32.7. The smallest absolute Gasteiger partial charge is 0.306 e. The van der Waals surface area contributed by atoms with E-state index >= 15 is 0 Å². The molecule has 0 spiro atoms. The Bertz CT molecular complexity index is 1720. The van der Waals surface area contributed by atoms with E-state index < -0.39 is 11.8 Å². The van der Waals surface area contributed by atoms with Gasteiger partial charge in [0.2, 0.25) is 0 Å². The van der Waals surface area contributed by atoms with Gasteiger partial charge in [-0.05, 0) is 92.1 Å². The van der Waals surface area contributed by atoms with E-state index in [1.807, 2.05) is 17.7 Å². The van der Waals surface area contributed by atoms with Gasteiger partial charge >= 0.3 is 5.97 Å². The van der Waals surface area contributed by atoms with Gasteiger partial charge in [0, 0.05) is 35.6 Å². The van der Waals surface area contributed by atoms with Crippen LogP contribution in [0.3, 0.4) is 0 Å². The van der Waals surface area contributed by atoms with Crippen molar-refractivity contribution in [1.29, 1.82) is 0 Å². The fourth-order valence-corrected chi connectivity index (χ4v) is 6.88. The van der Waals surface area contributed by atoms with Crippen LogP contribution in [0, 0.1) is 11.8 Å². The molecule has 8 nitrogen and oxygen atoms in total. The quantitative estimate of drug-likeness (QED) is 0.203. The number of para-hydroxylation sites is 1. The molecule has 43 heavy (non-hydrogen) atoms. The summed E-state index contributed by atoms with van der Waals surface area (Å²) >= 11 is 3.75. The largest absolute Gasteiger partial charge is 0.494 e. The minimum atomic E-state index is -1.22. The van der Waals surface area contributed by atoms with Gasteiger partial charge in [0.15, 0.2) is 5.82 Å². The van der Waals surface area contributed by atoms with Gasteiger partial charge in [-0.2, -0.15) is 0 Å². The van der Waals surface area contributed by atoms with E-state index in [9.17, 15) is 14.0 Å².